The highest BCUT2D eigenvalue weighted by Gasteiger charge is 2.13. The molecular formula is C17H21N3O5. The van der Waals surface area contributed by atoms with Crippen LogP contribution in [0.4, 0.5) is 0 Å². The third kappa shape index (κ3) is 5.23. The number of rotatable bonds is 6. The van der Waals surface area contributed by atoms with Crippen LogP contribution in [0.2, 0.25) is 0 Å². The molecule has 0 atom stereocenters. The lowest BCUT2D eigenvalue weighted by Crippen LogP contribution is -2.24. The maximum absolute atomic E-state index is 11.9. The normalized spacial score (nSPS) is 11.4. The number of benzene rings is 1. The van der Waals surface area contributed by atoms with Crippen molar-refractivity contribution in [2.45, 2.75) is 32.9 Å². The molecule has 0 saturated heterocycles. The number of ether oxygens (including phenoxy) is 2. The van der Waals surface area contributed by atoms with E-state index in [4.69, 9.17) is 19.4 Å². The number of carbonyl (C=O) groups is 2. The molecule has 25 heavy (non-hydrogen) atoms. The predicted molar refractivity (Wildman–Crippen MR) is 89.3 cm³/mol. The summed E-state index contributed by atoms with van der Waals surface area (Å²) in [5.41, 5.74) is 0.995. The molecule has 8 heteroatoms. The van der Waals surface area contributed by atoms with E-state index >= 15 is 0 Å². The summed E-state index contributed by atoms with van der Waals surface area (Å²) in [6.45, 7) is 3.20. The number of carboxylic acid groups (broad SMARTS) is 1. The molecule has 0 radical (unpaired) electrons. The summed E-state index contributed by atoms with van der Waals surface area (Å²) < 4.78 is 12.6. The molecule has 0 aliphatic carbocycles. The molecule has 0 saturated carbocycles. The standard InChI is InChI=1S/C16H19N3O3.CH2O2/c1-2-15-17-6-8-19(15)7-5-16(20)18-10-12-3-4-13-14(9-12)22-11-21-13;2-1-3/h3-4,6,8-9H,2,5,7,10-11H2,1H3,(H,18,20);1H,(H,2,3). The average molecular weight is 347 g/mol. The highest BCUT2D eigenvalue weighted by Crippen LogP contribution is 2.32. The number of aromatic nitrogens is 2. The monoisotopic (exact) mass is 347 g/mol. The fraction of sp³-hybridized carbons (Fsp3) is 0.353. The van der Waals surface area contributed by atoms with Gasteiger partial charge in [-0.15, -0.1) is 0 Å². The van der Waals surface area contributed by atoms with E-state index in [2.05, 4.69) is 17.2 Å². The largest absolute Gasteiger partial charge is 0.483 e. The molecule has 2 aromatic rings. The highest BCUT2D eigenvalue weighted by atomic mass is 16.7. The van der Waals surface area contributed by atoms with Gasteiger partial charge in [-0.1, -0.05) is 13.0 Å². The molecule has 2 N–H and O–H groups in total. The third-order valence-electron chi connectivity index (χ3n) is 3.62. The summed E-state index contributed by atoms with van der Waals surface area (Å²) >= 11 is 0. The Balaban J connectivity index is 0.000000701. The van der Waals surface area contributed by atoms with E-state index < -0.39 is 0 Å². The van der Waals surface area contributed by atoms with Gasteiger partial charge in [0.2, 0.25) is 12.7 Å². The lowest BCUT2D eigenvalue weighted by Gasteiger charge is -2.08. The number of fused-ring (bicyclic) bond motifs is 1. The summed E-state index contributed by atoms with van der Waals surface area (Å²) in [5.74, 6) is 2.51. The quantitative estimate of drug-likeness (QED) is 0.769. The van der Waals surface area contributed by atoms with Crippen molar-refractivity contribution in [2.75, 3.05) is 6.79 Å². The summed E-state index contributed by atoms with van der Waals surface area (Å²) in [4.78, 5) is 24.6. The van der Waals surface area contributed by atoms with Crippen molar-refractivity contribution in [3.8, 4) is 11.5 Å². The topological polar surface area (TPSA) is 103 Å². The molecule has 2 heterocycles. The van der Waals surface area contributed by atoms with Crippen LogP contribution >= 0.6 is 0 Å². The first-order valence-corrected chi connectivity index (χ1v) is 7.91. The first-order chi connectivity index (χ1) is 12.2. The molecule has 8 nitrogen and oxygen atoms in total. The lowest BCUT2D eigenvalue weighted by molar-refractivity contribution is -0.123. The van der Waals surface area contributed by atoms with Gasteiger partial charge in [0, 0.05) is 38.3 Å². The van der Waals surface area contributed by atoms with Crippen LogP contribution in [0.15, 0.2) is 30.6 Å². The second kappa shape index (κ2) is 9.31. The molecule has 134 valence electrons. The zero-order valence-electron chi connectivity index (χ0n) is 14.0. The molecular weight excluding hydrogens is 326 g/mol. The van der Waals surface area contributed by atoms with Gasteiger partial charge in [-0.3, -0.25) is 9.59 Å². The van der Waals surface area contributed by atoms with Crippen molar-refractivity contribution in [1.29, 1.82) is 0 Å². The second-order valence-electron chi connectivity index (χ2n) is 5.21. The van der Waals surface area contributed by atoms with Gasteiger partial charge in [-0.25, -0.2) is 4.98 Å². The molecule has 1 aromatic carbocycles. The van der Waals surface area contributed by atoms with Crippen LogP contribution < -0.4 is 14.8 Å². The Morgan fingerprint density at radius 3 is 2.92 bits per heavy atom. The summed E-state index contributed by atoms with van der Waals surface area (Å²) in [7, 11) is 0. The van der Waals surface area contributed by atoms with Gasteiger partial charge in [0.15, 0.2) is 11.5 Å². The first-order valence-electron chi connectivity index (χ1n) is 7.91. The number of imidazole rings is 1. The third-order valence-corrected chi connectivity index (χ3v) is 3.62. The zero-order valence-corrected chi connectivity index (χ0v) is 14.0. The van der Waals surface area contributed by atoms with Crippen LogP contribution in [0.25, 0.3) is 0 Å². The maximum Gasteiger partial charge on any atom is 0.290 e. The fourth-order valence-electron chi connectivity index (χ4n) is 2.42. The Kier molecular flexibility index (Phi) is 6.82. The smallest absolute Gasteiger partial charge is 0.290 e. The molecule has 0 bridgehead atoms. The summed E-state index contributed by atoms with van der Waals surface area (Å²) in [5, 5.41) is 9.81. The molecule has 1 aliphatic heterocycles. The van der Waals surface area contributed by atoms with Crippen molar-refractivity contribution in [1.82, 2.24) is 14.9 Å². The van der Waals surface area contributed by atoms with Gasteiger partial charge in [0.05, 0.1) is 0 Å². The minimum absolute atomic E-state index is 0.0217. The second-order valence-corrected chi connectivity index (χ2v) is 5.21. The zero-order chi connectivity index (χ0) is 18.1. The molecule has 1 aromatic heterocycles. The van der Waals surface area contributed by atoms with Crippen molar-refractivity contribution >= 4 is 12.4 Å². The Morgan fingerprint density at radius 2 is 2.16 bits per heavy atom. The highest BCUT2D eigenvalue weighted by molar-refractivity contribution is 5.75. The van der Waals surface area contributed by atoms with E-state index in [0.717, 1.165) is 29.3 Å². The van der Waals surface area contributed by atoms with Gasteiger partial charge in [0.1, 0.15) is 5.82 Å². The van der Waals surface area contributed by atoms with Crippen LogP contribution in [0.1, 0.15) is 24.7 Å². The van der Waals surface area contributed by atoms with Crippen molar-refractivity contribution in [2.24, 2.45) is 0 Å². The van der Waals surface area contributed by atoms with E-state index in [9.17, 15) is 4.79 Å². The number of carbonyl (C=O) groups excluding carboxylic acids is 1. The Hall–Kier alpha value is -3.03. The molecule has 1 amide bonds. The first kappa shape index (κ1) is 18.3. The molecule has 0 fully saturated rings. The number of amides is 1. The Morgan fingerprint density at radius 1 is 1.40 bits per heavy atom. The van der Waals surface area contributed by atoms with Crippen LogP contribution in [0.3, 0.4) is 0 Å². The fourth-order valence-corrected chi connectivity index (χ4v) is 2.42. The predicted octanol–water partition coefficient (Wildman–Crippen LogP) is 1.58. The summed E-state index contributed by atoms with van der Waals surface area (Å²) in [6.07, 6.45) is 4.98. The van der Waals surface area contributed by atoms with Gasteiger partial charge in [-0.2, -0.15) is 0 Å². The van der Waals surface area contributed by atoms with Crippen LogP contribution in [0, 0.1) is 0 Å². The minimum atomic E-state index is -0.250. The van der Waals surface area contributed by atoms with Gasteiger partial charge in [0.25, 0.3) is 6.47 Å². The number of nitrogens with one attached hydrogen (secondary N) is 1. The summed E-state index contributed by atoms with van der Waals surface area (Å²) in [6, 6.07) is 5.69. The average Bonchev–Trinajstić information content (AvgIpc) is 3.26. The number of nitrogens with zero attached hydrogens (tertiary/aromatic N) is 2. The van der Waals surface area contributed by atoms with Gasteiger partial charge < -0.3 is 24.5 Å². The van der Waals surface area contributed by atoms with E-state index in [1.54, 1.807) is 6.20 Å². The van der Waals surface area contributed by atoms with E-state index in [1.165, 1.54) is 0 Å². The number of hydrogen-bond acceptors (Lipinski definition) is 5. The Bertz CT molecular complexity index is 714. The lowest BCUT2D eigenvalue weighted by atomic mass is 10.2. The minimum Gasteiger partial charge on any atom is -0.483 e. The number of hydrogen-bond donors (Lipinski definition) is 2. The van der Waals surface area contributed by atoms with Crippen LogP contribution in [-0.4, -0.2) is 33.8 Å². The van der Waals surface area contributed by atoms with Crippen LogP contribution in [-0.2, 0) is 29.1 Å². The van der Waals surface area contributed by atoms with Crippen molar-refractivity contribution in [3.63, 3.8) is 0 Å². The van der Waals surface area contributed by atoms with E-state index in [-0.39, 0.29) is 19.2 Å². The van der Waals surface area contributed by atoms with Crippen molar-refractivity contribution in [3.05, 3.63) is 42.0 Å². The van der Waals surface area contributed by atoms with Gasteiger partial charge >= 0.3 is 0 Å². The Labute approximate surface area is 145 Å². The maximum atomic E-state index is 11.9. The van der Waals surface area contributed by atoms with Crippen LogP contribution in [0.5, 0.6) is 11.5 Å². The van der Waals surface area contributed by atoms with Gasteiger partial charge in [-0.05, 0) is 17.7 Å². The molecule has 3 rings (SSSR count). The van der Waals surface area contributed by atoms with Crippen molar-refractivity contribution < 1.29 is 24.2 Å². The SMILES string of the molecule is CCc1nccn1CCC(=O)NCc1ccc2c(c1)OCO2.O=CO. The van der Waals surface area contributed by atoms with E-state index in [0.29, 0.717) is 19.5 Å². The molecule has 0 spiro atoms. The van der Waals surface area contributed by atoms with E-state index in [1.807, 2.05) is 29.0 Å². The molecule has 0 unspecified atom stereocenters. The molecule has 1 aliphatic rings. The number of aryl methyl sites for hydroxylation is 2.